The molecular formula is C16H17F2NO2. The van der Waals surface area contributed by atoms with Gasteiger partial charge in [-0.05, 0) is 25.2 Å². The average Bonchev–Trinajstić information content (AvgIpc) is 2.47. The first-order chi connectivity index (χ1) is 10.2. The summed E-state index contributed by atoms with van der Waals surface area (Å²) in [6.45, 7) is 1.15. The molecule has 0 aromatic heterocycles. The Bertz CT molecular complexity index is 590. The number of benzene rings is 2. The number of hydrogen-bond acceptors (Lipinski definition) is 3. The first-order valence-corrected chi connectivity index (χ1v) is 6.64. The van der Waals surface area contributed by atoms with Crippen molar-refractivity contribution in [2.24, 2.45) is 0 Å². The molecule has 0 unspecified atom stereocenters. The molecule has 0 saturated heterocycles. The SMILES string of the molecule is CNCc1ccccc1OCCOc1ccc(F)cc1F. The van der Waals surface area contributed by atoms with Crippen molar-refractivity contribution in [2.45, 2.75) is 6.54 Å². The van der Waals surface area contributed by atoms with Crippen LogP contribution in [0, 0.1) is 11.6 Å². The lowest BCUT2D eigenvalue weighted by Gasteiger charge is -2.12. The van der Waals surface area contributed by atoms with Crippen molar-refractivity contribution >= 4 is 0 Å². The molecule has 0 amide bonds. The van der Waals surface area contributed by atoms with Crippen LogP contribution in [0.2, 0.25) is 0 Å². The van der Waals surface area contributed by atoms with Crippen LogP contribution in [0.4, 0.5) is 8.78 Å². The summed E-state index contributed by atoms with van der Waals surface area (Å²) in [4.78, 5) is 0. The van der Waals surface area contributed by atoms with Crippen LogP contribution >= 0.6 is 0 Å². The van der Waals surface area contributed by atoms with E-state index in [-0.39, 0.29) is 19.0 Å². The lowest BCUT2D eigenvalue weighted by molar-refractivity contribution is 0.210. The first-order valence-electron chi connectivity index (χ1n) is 6.64. The Labute approximate surface area is 122 Å². The minimum absolute atomic E-state index is 0.0171. The van der Waals surface area contributed by atoms with Gasteiger partial charge in [-0.25, -0.2) is 8.78 Å². The summed E-state index contributed by atoms with van der Waals surface area (Å²) in [5, 5.41) is 3.06. The van der Waals surface area contributed by atoms with Gasteiger partial charge in [0.2, 0.25) is 0 Å². The van der Waals surface area contributed by atoms with Gasteiger partial charge in [0.1, 0.15) is 24.8 Å². The molecule has 0 fully saturated rings. The van der Waals surface area contributed by atoms with Crippen molar-refractivity contribution in [3.8, 4) is 11.5 Å². The maximum Gasteiger partial charge on any atom is 0.167 e. The van der Waals surface area contributed by atoms with Crippen LogP contribution in [0.5, 0.6) is 11.5 Å². The van der Waals surface area contributed by atoms with Gasteiger partial charge in [-0.1, -0.05) is 18.2 Å². The second-order valence-corrected chi connectivity index (χ2v) is 4.41. The summed E-state index contributed by atoms with van der Waals surface area (Å²) in [6.07, 6.45) is 0. The van der Waals surface area contributed by atoms with Crippen LogP contribution in [0.25, 0.3) is 0 Å². The molecule has 0 spiro atoms. The Morgan fingerprint density at radius 3 is 2.38 bits per heavy atom. The van der Waals surface area contributed by atoms with Gasteiger partial charge < -0.3 is 14.8 Å². The predicted octanol–water partition coefficient (Wildman–Crippen LogP) is 3.14. The number of hydrogen-bond donors (Lipinski definition) is 1. The molecule has 2 aromatic carbocycles. The standard InChI is InChI=1S/C16H17F2NO2/c1-19-11-12-4-2-3-5-15(12)20-8-9-21-16-7-6-13(17)10-14(16)18/h2-7,10,19H,8-9,11H2,1H3. The van der Waals surface area contributed by atoms with E-state index in [2.05, 4.69) is 5.32 Å². The second kappa shape index (κ2) is 7.59. The number of nitrogens with one attached hydrogen (secondary N) is 1. The molecule has 0 aliphatic rings. The van der Waals surface area contributed by atoms with Gasteiger partial charge in [0.15, 0.2) is 11.6 Å². The van der Waals surface area contributed by atoms with Crippen molar-refractivity contribution in [3.05, 3.63) is 59.7 Å². The summed E-state index contributed by atoms with van der Waals surface area (Å²) in [7, 11) is 1.86. The Balaban J connectivity index is 1.84. The van der Waals surface area contributed by atoms with Gasteiger partial charge in [0.25, 0.3) is 0 Å². The molecule has 1 N–H and O–H groups in total. The smallest absolute Gasteiger partial charge is 0.167 e. The van der Waals surface area contributed by atoms with Gasteiger partial charge in [-0.2, -0.15) is 0 Å². The largest absolute Gasteiger partial charge is 0.490 e. The molecule has 0 radical (unpaired) electrons. The van der Waals surface area contributed by atoms with Crippen LogP contribution in [0.15, 0.2) is 42.5 Å². The summed E-state index contributed by atoms with van der Waals surface area (Å²) in [5.41, 5.74) is 1.04. The molecule has 3 nitrogen and oxygen atoms in total. The van der Waals surface area contributed by atoms with Gasteiger partial charge >= 0.3 is 0 Å². The van der Waals surface area contributed by atoms with E-state index in [0.717, 1.165) is 23.4 Å². The van der Waals surface area contributed by atoms with E-state index in [4.69, 9.17) is 9.47 Å². The third-order valence-corrected chi connectivity index (χ3v) is 2.83. The quantitative estimate of drug-likeness (QED) is 0.796. The number of para-hydroxylation sites is 1. The molecule has 112 valence electrons. The number of ether oxygens (including phenoxy) is 2. The maximum atomic E-state index is 13.4. The highest BCUT2D eigenvalue weighted by Crippen LogP contribution is 2.19. The lowest BCUT2D eigenvalue weighted by Crippen LogP contribution is -2.12. The Morgan fingerprint density at radius 1 is 0.952 bits per heavy atom. The van der Waals surface area contributed by atoms with Crippen molar-refractivity contribution < 1.29 is 18.3 Å². The third kappa shape index (κ3) is 4.43. The van der Waals surface area contributed by atoms with Crippen molar-refractivity contribution in [1.29, 1.82) is 0 Å². The third-order valence-electron chi connectivity index (χ3n) is 2.83. The molecule has 0 heterocycles. The Morgan fingerprint density at radius 2 is 1.67 bits per heavy atom. The number of rotatable bonds is 7. The summed E-state index contributed by atoms with van der Waals surface area (Å²) in [6, 6.07) is 10.9. The van der Waals surface area contributed by atoms with Crippen LogP contribution in [0.3, 0.4) is 0 Å². The summed E-state index contributed by atoms with van der Waals surface area (Å²) < 4.78 is 36.9. The van der Waals surface area contributed by atoms with E-state index < -0.39 is 11.6 Å². The molecule has 2 rings (SSSR count). The zero-order valence-electron chi connectivity index (χ0n) is 11.7. The van der Waals surface area contributed by atoms with E-state index in [1.54, 1.807) is 0 Å². The van der Waals surface area contributed by atoms with Gasteiger partial charge in [-0.15, -0.1) is 0 Å². The van der Waals surface area contributed by atoms with E-state index in [0.29, 0.717) is 6.54 Å². The van der Waals surface area contributed by atoms with E-state index >= 15 is 0 Å². The van der Waals surface area contributed by atoms with Crippen molar-refractivity contribution in [1.82, 2.24) is 5.32 Å². The van der Waals surface area contributed by atoms with Crippen LogP contribution in [-0.4, -0.2) is 20.3 Å². The monoisotopic (exact) mass is 293 g/mol. The molecule has 0 bridgehead atoms. The Kier molecular flexibility index (Phi) is 5.51. The zero-order chi connectivity index (χ0) is 15.1. The fourth-order valence-electron chi connectivity index (χ4n) is 1.88. The first kappa shape index (κ1) is 15.3. The second-order valence-electron chi connectivity index (χ2n) is 4.41. The van der Waals surface area contributed by atoms with Crippen LogP contribution in [-0.2, 0) is 6.54 Å². The minimum Gasteiger partial charge on any atom is -0.490 e. The molecule has 0 aliphatic heterocycles. The van der Waals surface area contributed by atoms with Crippen LogP contribution in [0.1, 0.15) is 5.56 Å². The molecule has 0 saturated carbocycles. The normalized spacial score (nSPS) is 10.4. The molecule has 21 heavy (non-hydrogen) atoms. The molecule has 0 atom stereocenters. The lowest BCUT2D eigenvalue weighted by atomic mass is 10.2. The number of halogens is 2. The fourth-order valence-corrected chi connectivity index (χ4v) is 1.88. The molecule has 5 heteroatoms. The molecule has 0 aliphatic carbocycles. The van der Waals surface area contributed by atoms with E-state index in [1.807, 2.05) is 31.3 Å². The molecular weight excluding hydrogens is 276 g/mol. The van der Waals surface area contributed by atoms with E-state index in [1.165, 1.54) is 6.07 Å². The maximum absolute atomic E-state index is 13.4. The zero-order valence-corrected chi connectivity index (χ0v) is 11.7. The highest BCUT2D eigenvalue weighted by atomic mass is 19.1. The van der Waals surface area contributed by atoms with Crippen LogP contribution < -0.4 is 14.8 Å². The topological polar surface area (TPSA) is 30.5 Å². The highest BCUT2D eigenvalue weighted by Gasteiger charge is 2.05. The fraction of sp³-hybridized carbons (Fsp3) is 0.250. The average molecular weight is 293 g/mol. The van der Waals surface area contributed by atoms with Gasteiger partial charge in [0, 0.05) is 18.2 Å². The van der Waals surface area contributed by atoms with Gasteiger partial charge in [0.05, 0.1) is 0 Å². The summed E-state index contributed by atoms with van der Waals surface area (Å²) >= 11 is 0. The van der Waals surface area contributed by atoms with Crippen molar-refractivity contribution in [3.63, 3.8) is 0 Å². The minimum atomic E-state index is -0.717. The van der Waals surface area contributed by atoms with E-state index in [9.17, 15) is 8.78 Å². The highest BCUT2D eigenvalue weighted by molar-refractivity contribution is 5.33. The summed E-state index contributed by atoms with van der Waals surface area (Å²) in [5.74, 6) is -0.568. The van der Waals surface area contributed by atoms with Crippen molar-refractivity contribution in [2.75, 3.05) is 20.3 Å². The van der Waals surface area contributed by atoms with Gasteiger partial charge in [-0.3, -0.25) is 0 Å². The Hall–Kier alpha value is -2.14. The predicted molar refractivity (Wildman–Crippen MR) is 76.6 cm³/mol. The molecule has 2 aromatic rings.